The summed E-state index contributed by atoms with van der Waals surface area (Å²) in [5.74, 6) is 0.293. The molecule has 3 aromatic heterocycles. The number of nitrogens with zero attached hydrogens (tertiary/aromatic N) is 5. The molecule has 1 fully saturated rings. The average molecular weight is 436 g/mol. The zero-order chi connectivity index (χ0) is 22.7. The highest BCUT2D eigenvalue weighted by Crippen LogP contribution is 2.29. The maximum Gasteiger partial charge on any atom is 0.267 e. The summed E-state index contributed by atoms with van der Waals surface area (Å²) in [6, 6.07) is 9.91. The van der Waals surface area contributed by atoms with Gasteiger partial charge in [0.1, 0.15) is 18.2 Å². The van der Waals surface area contributed by atoms with Crippen LogP contribution >= 0.6 is 0 Å². The number of carbonyl (C=O) groups is 1. The van der Waals surface area contributed by atoms with Gasteiger partial charge in [0.2, 0.25) is 5.91 Å². The van der Waals surface area contributed by atoms with Gasteiger partial charge < -0.3 is 10.2 Å². The molecule has 0 aromatic carbocycles. The van der Waals surface area contributed by atoms with E-state index >= 15 is 0 Å². The van der Waals surface area contributed by atoms with Crippen LogP contribution in [0.15, 0.2) is 47.4 Å². The topological polar surface area (TPSA) is 93.0 Å². The first-order valence-electron chi connectivity index (χ1n) is 10.6. The highest BCUT2D eigenvalue weighted by molar-refractivity contribution is 5.76. The van der Waals surface area contributed by atoms with Gasteiger partial charge in [0, 0.05) is 42.1 Å². The Morgan fingerprint density at radius 2 is 1.91 bits per heavy atom. The molecule has 166 valence electrons. The lowest BCUT2D eigenvalue weighted by Crippen LogP contribution is -2.41. The molecule has 0 radical (unpaired) electrons. The third-order valence-electron chi connectivity index (χ3n) is 5.52. The normalized spacial score (nSPS) is 14.4. The van der Waals surface area contributed by atoms with E-state index in [0.717, 1.165) is 29.9 Å². The summed E-state index contributed by atoms with van der Waals surface area (Å²) < 4.78 is 14.3. The summed E-state index contributed by atoms with van der Waals surface area (Å²) in [5.41, 5.74) is 3.09. The summed E-state index contributed by atoms with van der Waals surface area (Å²) in [5, 5.41) is 7.34. The standard InChI is InChI=1S/C23H25FN6O2/c1-15-3-6-22(31)30(28-15)14-23(32)29-9-7-17(8-10-29)20-12-19(11-16(2)26-20)27-21-5-4-18(24)13-25-21/h3-6,11-13,17H,7-10,14H2,1-2H3,(H,25,26,27). The molecule has 1 amide bonds. The number of carbonyl (C=O) groups excluding carboxylic acids is 1. The lowest BCUT2D eigenvalue weighted by Gasteiger charge is -2.32. The minimum absolute atomic E-state index is 0.0490. The number of aromatic nitrogens is 4. The van der Waals surface area contributed by atoms with E-state index < -0.39 is 0 Å². The number of likely N-dealkylation sites (tertiary alicyclic amines) is 1. The van der Waals surface area contributed by atoms with Crippen molar-refractivity contribution in [1.29, 1.82) is 0 Å². The number of nitrogens with one attached hydrogen (secondary N) is 1. The fourth-order valence-electron chi connectivity index (χ4n) is 3.89. The second-order valence-electron chi connectivity index (χ2n) is 8.03. The second-order valence-corrected chi connectivity index (χ2v) is 8.03. The van der Waals surface area contributed by atoms with Crippen LogP contribution in [0.25, 0.3) is 0 Å². The second kappa shape index (κ2) is 9.25. The monoisotopic (exact) mass is 436 g/mol. The molecule has 0 atom stereocenters. The van der Waals surface area contributed by atoms with E-state index in [1.165, 1.54) is 23.0 Å². The number of pyridine rings is 2. The van der Waals surface area contributed by atoms with Crippen molar-refractivity contribution < 1.29 is 9.18 Å². The Morgan fingerprint density at radius 3 is 2.62 bits per heavy atom. The van der Waals surface area contributed by atoms with E-state index in [1.807, 2.05) is 19.1 Å². The number of hydrogen-bond acceptors (Lipinski definition) is 6. The van der Waals surface area contributed by atoms with Crippen molar-refractivity contribution in [2.75, 3.05) is 18.4 Å². The quantitative estimate of drug-likeness (QED) is 0.661. The Morgan fingerprint density at radius 1 is 1.12 bits per heavy atom. The number of anilines is 2. The van der Waals surface area contributed by atoms with Gasteiger partial charge in [-0.15, -0.1) is 0 Å². The Kier molecular flexibility index (Phi) is 6.25. The van der Waals surface area contributed by atoms with Gasteiger partial charge in [0.25, 0.3) is 5.56 Å². The molecule has 1 saturated heterocycles. The van der Waals surface area contributed by atoms with Crippen LogP contribution in [0.2, 0.25) is 0 Å². The fourth-order valence-corrected chi connectivity index (χ4v) is 3.89. The van der Waals surface area contributed by atoms with Crippen molar-refractivity contribution in [2.45, 2.75) is 39.2 Å². The van der Waals surface area contributed by atoms with Crippen LogP contribution in [0.4, 0.5) is 15.9 Å². The lowest BCUT2D eigenvalue weighted by molar-refractivity contribution is -0.133. The molecule has 0 bridgehead atoms. The van der Waals surface area contributed by atoms with E-state index in [9.17, 15) is 14.0 Å². The predicted molar refractivity (Wildman–Crippen MR) is 118 cm³/mol. The van der Waals surface area contributed by atoms with Crippen LogP contribution in [-0.2, 0) is 11.3 Å². The molecule has 0 aliphatic carbocycles. The molecule has 4 heterocycles. The number of rotatable bonds is 5. The molecule has 0 unspecified atom stereocenters. The van der Waals surface area contributed by atoms with E-state index in [-0.39, 0.29) is 29.7 Å². The number of halogens is 1. The molecule has 1 N–H and O–H groups in total. The molecule has 1 aliphatic rings. The first-order chi connectivity index (χ1) is 15.4. The van der Waals surface area contributed by atoms with Crippen molar-refractivity contribution in [3.8, 4) is 0 Å². The molecule has 0 spiro atoms. The number of amides is 1. The first kappa shape index (κ1) is 21.6. The van der Waals surface area contributed by atoms with Gasteiger partial charge in [-0.3, -0.25) is 14.6 Å². The van der Waals surface area contributed by atoms with Gasteiger partial charge in [-0.05, 0) is 57.0 Å². The Labute approximate surface area is 185 Å². The van der Waals surface area contributed by atoms with Gasteiger partial charge in [-0.1, -0.05) is 0 Å². The molecule has 3 aromatic rings. The van der Waals surface area contributed by atoms with Gasteiger partial charge in [0.15, 0.2) is 0 Å². The molecular formula is C23H25FN6O2. The maximum absolute atomic E-state index is 13.1. The third-order valence-corrected chi connectivity index (χ3v) is 5.52. The highest BCUT2D eigenvalue weighted by Gasteiger charge is 2.25. The fraction of sp³-hybridized carbons (Fsp3) is 0.348. The van der Waals surface area contributed by atoms with E-state index in [4.69, 9.17) is 4.98 Å². The molecular weight excluding hydrogens is 411 g/mol. The van der Waals surface area contributed by atoms with E-state index in [2.05, 4.69) is 15.4 Å². The number of hydrogen-bond donors (Lipinski definition) is 1. The molecule has 0 saturated carbocycles. The SMILES string of the molecule is Cc1cc(Nc2ccc(F)cn2)cc(C2CCN(C(=O)Cn3nc(C)ccc3=O)CC2)n1. The maximum atomic E-state index is 13.1. The Bertz CT molecular complexity index is 1170. The minimum Gasteiger partial charge on any atom is -0.341 e. The summed E-state index contributed by atoms with van der Waals surface area (Å²) in [6.45, 7) is 4.87. The van der Waals surface area contributed by atoms with Gasteiger partial charge in [-0.2, -0.15) is 5.10 Å². The summed E-state index contributed by atoms with van der Waals surface area (Å²) in [6.07, 6.45) is 2.74. The van der Waals surface area contributed by atoms with Crippen LogP contribution < -0.4 is 10.9 Å². The summed E-state index contributed by atoms with van der Waals surface area (Å²) in [7, 11) is 0. The highest BCUT2D eigenvalue weighted by atomic mass is 19.1. The summed E-state index contributed by atoms with van der Waals surface area (Å²) in [4.78, 5) is 35.1. The molecule has 8 nitrogen and oxygen atoms in total. The molecule has 9 heteroatoms. The van der Waals surface area contributed by atoms with Crippen molar-refractivity contribution >= 4 is 17.4 Å². The Hall–Kier alpha value is -3.62. The van der Waals surface area contributed by atoms with Crippen molar-refractivity contribution in [3.63, 3.8) is 0 Å². The largest absolute Gasteiger partial charge is 0.341 e. The van der Waals surface area contributed by atoms with E-state index in [0.29, 0.717) is 24.6 Å². The van der Waals surface area contributed by atoms with Crippen LogP contribution in [0.5, 0.6) is 0 Å². The minimum atomic E-state index is -0.383. The zero-order valence-corrected chi connectivity index (χ0v) is 18.1. The van der Waals surface area contributed by atoms with Crippen LogP contribution in [0.1, 0.15) is 35.8 Å². The average Bonchev–Trinajstić information content (AvgIpc) is 2.77. The molecule has 32 heavy (non-hydrogen) atoms. The summed E-state index contributed by atoms with van der Waals surface area (Å²) >= 11 is 0. The third kappa shape index (κ3) is 5.16. The first-order valence-corrected chi connectivity index (χ1v) is 10.6. The van der Waals surface area contributed by atoms with Crippen molar-refractivity contribution in [1.82, 2.24) is 24.6 Å². The molecule has 1 aliphatic heterocycles. The zero-order valence-electron chi connectivity index (χ0n) is 18.1. The van der Waals surface area contributed by atoms with E-state index in [1.54, 1.807) is 24.0 Å². The van der Waals surface area contributed by atoms with Crippen molar-refractivity contribution in [2.24, 2.45) is 0 Å². The Balaban J connectivity index is 1.40. The van der Waals surface area contributed by atoms with Gasteiger partial charge in [0.05, 0.1) is 11.9 Å². The number of piperidine rings is 1. The van der Waals surface area contributed by atoms with Crippen LogP contribution in [-0.4, -0.2) is 43.6 Å². The lowest BCUT2D eigenvalue weighted by atomic mass is 9.92. The van der Waals surface area contributed by atoms with Crippen LogP contribution in [0, 0.1) is 19.7 Å². The van der Waals surface area contributed by atoms with Crippen LogP contribution in [0.3, 0.4) is 0 Å². The van der Waals surface area contributed by atoms with Crippen molar-refractivity contribution in [3.05, 3.63) is 75.8 Å². The predicted octanol–water partition coefficient (Wildman–Crippen LogP) is 2.94. The number of aryl methyl sites for hydroxylation is 2. The molecule has 4 rings (SSSR count). The smallest absolute Gasteiger partial charge is 0.267 e. The van der Waals surface area contributed by atoms with Gasteiger partial charge >= 0.3 is 0 Å². The van der Waals surface area contributed by atoms with Gasteiger partial charge in [-0.25, -0.2) is 14.1 Å².